The number of rotatable bonds is 17. The second-order valence-corrected chi connectivity index (χ2v) is 16.9. The number of para-hydroxylation sites is 1. The van der Waals surface area contributed by atoms with E-state index in [1.807, 2.05) is 67.6 Å². The van der Waals surface area contributed by atoms with Gasteiger partial charge < -0.3 is 20.1 Å². The summed E-state index contributed by atoms with van der Waals surface area (Å²) in [7, 11) is 1.59. The first-order chi connectivity index (χ1) is 26.2. The summed E-state index contributed by atoms with van der Waals surface area (Å²) in [4.78, 5) is 27.9. The molecule has 1 heterocycles. The van der Waals surface area contributed by atoms with Crippen LogP contribution in [0.5, 0.6) is 11.5 Å². The molecule has 2 atom stereocenters. The molecule has 290 valence electrons. The van der Waals surface area contributed by atoms with E-state index in [2.05, 4.69) is 79.8 Å². The van der Waals surface area contributed by atoms with Crippen LogP contribution in [-0.4, -0.2) is 49.4 Å². The lowest BCUT2D eigenvalue weighted by Gasteiger charge is -2.31. The van der Waals surface area contributed by atoms with E-state index in [-0.39, 0.29) is 23.2 Å². The van der Waals surface area contributed by atoms with Gasteiger partial charge in [-0.1, -0.05) is 120 Å². The van der Waals surface area contributed by atoms with E-state index < -0.39 is 16.2 Å². The first kappa shape index (κ1) is 41.3. The maximum Gasteiger partial charge on any atom is 0.265 e. The molecule has 1 aromatic heterocycles. The number of carbonyl (C=O) groups excluding carboxylic acids is 2. The third-order valence-corrected chi connectivity index (χ3v) is 11.8. The van der Waals surface area contributed by atoms with Crippen molar-refractivity contribution in [3.8, 4) is 17.2 Å². The predicted molar refractivity (Wildman–Crippen MR) is 222 cm³/mol. The van der Waals surface area contributed by atoms with Crippen molar-refractivity contribution in [1.82, 2.24) is 20.2 Å². The Labute approximate surface area is 333 Å². The van der Waals surface area contributed by atoms with E-state index in [9.17, 15) is 9.59 Å². The highest BCUT2D eigenvalue weighted by molar-refractivity contribution is 8.02. The van der Waals surface area contributed by atoms with E-state index in [0.717, 1.165) is 41.4 Å². The summed E-state index contributed by atoms with van der Waals surface area (Å²) in [5.41, 5.74) is 4.64. The minimum absolute atomic E-state index is 0.00930. The number of benzene rings is 4. The molecule has 0 aliphatic rings. The molecule has 2 unspecified atom stereocenters. The van der Waals surface area contributed by atoms with E-state index in [4.69, 9.17) is 21.1 Å². The monoisotopic (exact) mass is 782 g/mol. The molecule has 5 rings (SSSR count). The Morgan fingerprint density at radius 1 is 0.836 bits per heavy atom. The van der Waals surface area contributed by atoms with Gasteiger partial charge >= 0.3 is 0 Å². The zero-order valence-electron chi connectivity index (χ0n) is 32.9. The van der Waals surface area contributed by atoms with Crippen LogP contribution >= 0.6 is 23.4 Å². The lowest BCUT2D eigenvalue weighted by atomic mass is 9.76. The van der Waals surface area contributed by atoms with Crippen LogP contribution in [-0.2, 0) is 26.8 Å². The number of alkyl halides is 1. The normalized spacial score (nSPS) is 13.4. The molecular weight excluding hydrogens is 732 g/mol. The summed E-state index contributed by atoms with van der Waals surface area (Å²) in [5, 5.41) is 18.5. The Hall–Kier alpha value is -4.87. The minimum atomic E-state index is -1.58. The number of amides is 2. The van der Waals surface area contributed by atoms with Gasteiger partial charge in [0.25, 0.3) is 11.8 Å². The van der Waals surface area contributed by atoms with Crippen molar-refractivity contribution in [2.24, 2.45) is 0 Å². The molecular formula is C43H51ClN6O4S. The molecule has 12 heteroatoms. The topological polar surface area (TPSA) is 120 Å². The predicted octanol–water partition coefficient (Wildman–Crippen LogP) is 9.75. The van der Waals surface area contributed by atoms with Crippen LogP contribution in [0.2, 0.25) is 0 Å². The van der Waals surface area contributed by atoms with Gasteiger partial charge in [0.2, 0.25) is 5.16 Å². The summed E-state index contributed by atoms with van der Waals surface area (Å²) in [5.74, 6) is 0.606. The van der Waals surface area contributed by atoms with Gasteiger partial charge in [0.15, 0.2) is 10.3 Å². The maximum atomic E-state index is 14.2. The zero-order valence-corrected chi connectivity index (χ0v) is 34.4. The minimum Gasteiger partial charge on any atom is -0.497 e. The molecule has 0 spiro atoms. The van der Waals surface area contributed by atoms with Crippen molar-refractivity contribution in [2.45, 2.75) is 100 Å². The number of ether oxygens (including phenoxy) is 2. The molecule has 10 nitrogen and oxygen atoms in total. The third kappa shape index (κ3) is 10.1. The standard InChI is InChI=1S/C43H51ClN6O4S/c1-9-36(54-37-25-22-30(41(4,5)10-2)26-35(37)42(6,7)11-3)38(51)45-31-16-15-17-32(27-31)46-39(52)43(44,28-29-20-23-34(53-8)24-21-29)55-40-47-48-49-50(40)33-18-13-12-14-19-33/h12-27,36H,9-11,28H2,1-8H3,(H,45,51)(H,46,52). The van der Waals surface area contributed by atoms with Crippen LogP contribution in [0.1, 0.15) is 84.4 Å². The molecule has 0 fully saturated rings. The Morgan fingerprint density at radius 2 is 1.51 bits per heavy atom. The number of methoxy groups -OCH3 is 1. The van der Waals surface area contributed by atoms with E-state index >= 15 is 0 Å². The quantitative estimate of drug-likeness (QED) is 0.0707. The molecule has 0 radical (unpaired) electrons. The number of nitrogens with zero attached hydrogens (tertiary/aromatic N) is 4. The van der Waals surface area contributed by atoms with Crippen molar-refractivity contribution in [1.29, 1.82) is 0 Å². The molecule has 0 saturated carbocycles. The second kappa shape index (κ2) is 17.7. The van der Waals surface area contributed by atoms with E-state index in [1.54, 1.807) is 31.4 Å². The summed E-state index contributed by atoms with van der Waals surface area (Å²) in [6, 6.07) is 30.0. The molecule has 4 aromatic carbocycles. The van der Waals surface area contributed by atoms with Gasteiger partial charge in [-0.05, 0) is 100 Å². The number of tetrazole rings is 1. The van der Waals surface area contributed by atoms with Crippen LogP contribution in [0.25, 0.3) is 5.69 Å². The molecule has 0 bridgehead atoms. The van der Waals surface area contributed by atoms with Crippen LogP contribution in [0.3, 0.4) is 0 Å². The van der Waals surface area contributed by atoms with Crippen molar-refractivity contribution < 1.29 is 19.1 Å². The number of hydrogen-bond donors (Lipinski definition) is 2. The average molecular weight is 783 g/mol. The third-order valence-electron chi connectivity index (χ3n) is 10.2. The van der Waals surface area contributed by atoms with Gasteiger partial charge in [0.05, 0.1) is 12.8 Å². The first-order valence-corrected chi connectivity index (χ1v) is 19.8. The van der Waals surface area contributed by atoms with Gasteiger partial charge in [0, 0.05) is 23.4 Å². The Kier molecular flexibility index (Phi) is 13.3. The van der Waals surface area contributed by atoms with Crippen LogP contribution in [0, 0.1) is 0 Å². The molecule has 55 heavy (non-hydrogen) atoms. The maximum absolute atomic E-state index is 14.2. The van der Waals surface area contributed by atoms with Crippen LogP contribution in [0.15, 0.2) is 102 Å². The molecule has 0 aliphatic carbocycles. The van der Waals surface area contributed by atoms with Crippen molar-refractivity contribution >= 4 is 46.6 Å². The summed E-state index contributed by atoms with van der Waals surface area (Å²) < 4.78 is 11.8. The fourth-order valence-corrected chi connectivity index (χ4v) is 7.25. The molecule has 0 saturated heterocycles. The van der Waals surface area contributed by atoms with Crippen LogP contribution < -0.4 is 20.1 Å². The number of anilines is 2. The summed E-state index contributed by atoms with van der Waals surface area (Å²) in [6.45, 7) is 15.2. The van der Waals surface area contributed by atoms with E-state index in [0.29, 0.717) is 34.5 Å². The fraction of sp³-hybridized carbons (Fsp3) is 0.372. The molecule has 2 amide bonds. The highest BCUT2D eigenvalue weighted by Gasteiger charge is 2.40. The largest absolute Gasteiger partial charge is 0.497 e. The summed E-state index contributed by atoms with van der Waals surface area (Å²) in [6.07, 6.45) is 1.75. The Balaban J connectivity index is 1.36. The lowest BCUT2D eigenvalue weighted by Crippen LogP contribution is -2.37. The number of hydrogen-bond acceptors (Lipinski definition) is 8. The number of thioether (sulfide) groups is 1. The fourth-order valence-electron chi connectivity index (χ4n) is 5.86. The van der Waals surface area contributed by atoms with Gasteiger partial charge in [-0.3, -0.25) is 9.59 Å². The zero-order chi connectivity index (χ0) is 39.8. The van der Waals surface area contributed by atoms with Crippen LogP contribution in [0.4, 0.5) is 11.4 Å². The number of aromatic nitrogens is 4. The van der Waals surface area contributed by atoms with E-state index in [1.165, 1.54) is 10.2 Å². The number of carbonyl (C=O) groups is 2. The first-order valence-electron chi connectivity index (χ1n) is 18.6. The lowest BCUT2D eigenvalue weighted by molar-refractivity contribution is -0.123. The summed E-state index contributed by atoms with van der Waals surface area (Å²) >= 11 is 8.33. The number of halogens is 1. The highest BCUT2D eigenvalue weighted by Crippen LogP contribution is 2.41. The van der Waals surface area contributed by atoms with Gasteiger partial charge in [-0.2, -0.15) is 4.68 Å². The molecule has 2 N–H and O–H groups in total. The van der Waals surface area contributed by atoms with Gasteiger partial charge in [0.1, 0.15) is 11.5 Å². The smallest absolute Gasteiger partial charge is 0.265 e. The molecule has 5 aromatic rings. The van der Waals surface area contributed by atoms with Crippen molar-refractivity contribution in [3.05, 3.63) is 114 Å². The van der Waals surface area contributed by atoms with Gasteiger partial charge in [-0.25, -0.2) is 0 Å². The SMILES string of the molecule is CCC(Oc1ccc(C(C)(C)CC)cc1C(C)(C)CC)C(=O)Nc1cccc(NC(=O)C(Cl)(Cc2ccc(OC)cc2)Sc2nnnn2-c2ccccc2)c1. The Bertz CT molecular complexity index is 2070. The number of nitrogens with one attached hydrogen (secondary N) is 2. The van der Waals surface area contributed by atoms with Crippen molar-refractivity contribution in [3.63, 3.8) is 0 Å². The van der Waals surface area contributed by atoms with Gasteiger partial charge in [-0.15, -0.1) is 5.10 Å². The van der Waals surface area contributed by atoms with Crippen molar-refractivity contribution in [2.75, 3.05) is 17.7 Å². The second-order valence-electron chi connectivity index (χ2n) is 14.8. The average Bonchev–Trinajstić information content (AvgIpc) is 3.65. The molecule has 0 aliphatic heterocycles. The highest BCUT2D eigenvalue weighted by atomic mass is 35.5. The Morgan fingerprint density at radius 3 is 2.15 bits per heavy atom.